The van der Waals surface area contributed by atoms with Crippen LogP contribution in [0.2, 0.25) is 0 Å². The van der Waals surface area contributed by atoms with E-state index >= 15 is 0 Å². The van der Waals surface area contributed by atoms with Crippen molar-refractivity contribution in [1.82, 2.24) is 9.80 Å². The molecule has 2 amide bonds. The summed E-state index contributed by atoms with van der Waals surface area (Å²) < 4.78 is 5.37. The molecular formula is C19H29N3O3. The highest BCUT2D eigenvalue weighted by atomic mass is 16.6. The van der Waals surface area contributed by atoms with Crippen LogP contribution in [0.4, 0.5) is 4.79 Å². The molecule has 1 aromatic carbocycles. The Kier molecular flexibility index (Phi) is 6.82. The minimum absolute atomic E-state index is 0.0416. The fourth-order valence-corrected chi connectivity index (χ4v) is 2.98. The van der Waals surface area contributed by atoms with Crippen LogP contribution in [0.5, 0.6) is 0 Å². The molecule has 1 aliphatic rings. The number of amides is 2. The number of carbonyl (C=O) groups is 2. The zero-order valence-corrected chi connectivity index (χ0v) is 15.4. The minimum Gasteiger partial charge on any atom is -0.445 e. The van der Waals surface area contributed by atoms with Gasteiger partial charge >= 0.3 is 6.09 Å². The molecule has 0 aromatic heterocycles. The molecule has 1 aromatic rings. The maximum absolute atomic E-state index is 12.2. The van der Waals surface area contributed by atoms with Crippen LogP contribution in [0.3, 0.4) is 0 Å². The monoisotopic (exact) mass is 347 g/mol. The first-order valence-electron chi connectivity index (χ1n) is 8.84. The van der Waals surface area contributed by atoms with Gasteiger partial charge in [-0.15, -0.1) is 0 Å². The Bertz CT molecular complexity index is 577. The minimum atomic E-state index is -0.474. The van der Waals surface area contributed by atoms with Crippen molar-refractivity contribution in [3.8, 4) is 0 Å². The number of ether oxygens (including phenoxy) is 1. The Morgan fingerprint density at radius 2 is 2.00 bits per heavy atom. The van der Waals surface area contributed by atoms with Crippen LogP contribution < -0.4 is 5.73 Å². The molecule has 1 fully saturated rings. The molecule has 1 aliphatic heterocycles. The lowest BCUT2D eigenvalue weighted by Crippen LogP contribution is -2.46. The van der Waals surface area contributed by atoms with Gasteiger partial charge < -0.3 is 20.3 Å². The van der Waals surface area contributed by atoms with E-state index < -0.39 is 6.04 Å². The van der Waals surface area contributed by atoms with E-state index in [0.717, 1.165) is 12.0 Å². The van der Waals surface area contributed by atoms with Gasteiger partial charge in [0.05, 0.1) is 6.04 Å². The van der Waals surface area contributed by atoms with Crippen molar-refractivity contribution in [3.63, 3.8) is 0 Å². The fourth-order valence-electron chi connectivity index (χ4n) is 2.98. The van der Waals surface area contributed by atoms with E-state index in [4.69, 9.17) is 10.5 Å². The largest absolute Gasteiger partial charge is 0.445 e. The number of likely N-dealkylation sites (N-methyl/N-ethyl adjacent to an activating group) is 1. The lowest BCUT2D eigenvalue weighted by Gasteiger charge is -2.26. The van der Waals surface area contributed by atoms with Crippen LogP contribution in [-0.2, 0) is 16.1 Å². The first-order chi connectivity index (χ1) is 11.9. The summed E-state index contributed by atoms with van der Waals surface area (Å²) in [5, 5.41) is 0. The molecule has 138 valence electrons. The molecule has 0 spiro atoms. The maximum Gasteiger partial charge on any atom is 0.410 e. The molecule has 0 saturated carbocycles. The normalized spacial score (nSPS) is 18.3. The highest BCUT2D eigenvalue weighted by molar-refractivity contribution is 5.81. The van der Waals surface area contributed by atoms with Gasteiger partial charge in [0, 0.05) is 26.7 Å². The summed E-state index contributed by atoms with van der Waals surface area (Å²) in [7, 11) is 1.78. The topological polar surface area (TPSA) is 75.9 Å². The summed E-state index contributed by atoms with van der Waals surface area (Å²) in [5.74, 6) is 0.334. The van der Waals surface area contributed by atoms with Crippen molar-refractivity contribution in [2.24, 2.45) is 17.6 Å². The van der Waals surface area contributed by atoms with Crippen molar-refractivity contribution in [3.05, 3.63) is 35.9 Å². The fraction of sp³-hybridized carbons (Fsp3) is 0.579. The van der Waals surface area contributed by atoms with Crippen LogP contribution in [0, 0.1) is 11.8 Å². The Balaban J connectivity index is 1.76. The molecule has 25 heavy (non-hydrogen) atoms. The van der Waals surface area contributed by atoms with E-state index in [9.17, 15) is 9.59 Å². The number of benzene rings is 1. The molecule has 0 aliphatic carbocycles. The molecule has 2 atom stereocenters. The first kappa shape index (κ1) is 19.2. The van der Waals surface area contributed by atoms with Crippen molar-refractivity contribution in [1.29, 1.82) is 0 Å². The summed E-state index contributed by atoms with van der Waals surface area (Å²) in [6, 6.07) is 9.16. The Morgan fingerprint density at radius 1 is 1.32 bits per heavy atom. The molecule has 6 nitrogen and oxygen atoms in total. The predicted octanol–water partition coefficient (Wildman–Crippen LogP) is 2.09. The number of hydrogen-bond acceptors (Lipinski definition) is 4. The first-order valence-corrected chi connectivity index (χ1v) is 8.84. The number of nitrogens with two attached hydrogens (primary N) is 1. The standard InChI is InChI=1S/C19H29N3O3/c1-14(2)17(20)18(23)21(3)11-16-9-10-22(12-16)19(24)25-13-15-7-5-4-6-8-15/h4-8,14,16-17H,9-13,20H2,1-3H3/t16?,17-/m0/s1. The molecule has 1 saturated heterocycles. The Labute approximate surface area is 149 Å². The van der Waals surface area contributed by atoms with E-state index in [2.05, 4.69) is 0 Å². The third kappa shape index (κ3) is 5.46. The molecule has 0 bridgehead atoms. The second-order valence-corrected chi connectivity index (χ2v) is 7.13. The molecular weight excluding hydrogens is 318 g/mol. The van der Waals surface area contributed by atoms with Crippen LogP contribution in [-0.4, -0.2) is 54.5 Å². The predicted molar refractivity (Wildman–Crippen MR) is 96.8 cm³/mol. The van der Waals surface area contributed by atoms with E-state index in [0.29, 0.717) is 19.6 Å². The third-order valence-electron chi connectivity index (χ3n) is 4.66. The lowest BCUT2D eigenvalue weighted by atomic mass is 10.0. The molecule has 6 heteroatoms. The second-order valence-electron chi connectivity index (χ2n) is 7.13. The highest BCUT2D eigenvalue weighted by Crippen LogP contribution is 2.19. The van der Waals surface area contributed by atoms with Crippen LogP contribution in [0.15, 0.2) is 30.3 Å². The number of carbonyl (C=O) groups excluding carboxylic acids is 2. The van der Waals surface area contributed by atoms with Crippen LogP contribution in [0.25, 0.3) is 0 Å². The van der Waals surface area contributed by atoms with Gasteiger partial charge in [-0.25, -0.2) is 4.79 Å². The molecule has 0 radical (unpaired) electrons. The van der Waals surface area contributed by atoms with Crippen molar-refractivity contribution >= 4 is 12.0 Å². The van der Waals surface area contributed by atoms with Gasteiger partial charge in [-0.3, -0.25) is 4.79 Å². The van der Waals surface area contributed by atoms with Gasteiger partial charge in [0.15, 0.2) is 0 Å². The average Bonchev–Trinajstić information content (AvgIpc) is 3.07. The Morgan fingerprint density at radius 3 is 2.64 bits per heavy atom. The van der Waals surface area contributed by atoms with E-state index in [1.54, 1.807) is 16.8 Å². The van der Waals surface area contributed by atoms with Gasteiger partial charge in [0.25, 0.3) is 0 Å². The van der Waals surface area contributed by atoms with Gasteiger partial charge in [-0.1, -0.05) is 44.2 Å². The molecule has 1 heterocycles. The summed E-state index contributed by atoms with van der Waals surface area (Å²) in [6.45, 7) is 6.05. The van der Waals surface area contributed by atoms with E-state index in [-0.39, 0.29) is 30.4 Å². The molecule has 2 rings (SSSR count). The zero-order chi connectivity index (χ0) is 18.4. The van der Waals surface area contributed by atoms with Crippen molar-refractivity contribution in [2.75, 3.05) is 26.7 Å². The second kappa shape index (κ2) is 8.85. The quantitative estimate of drug-likeness (QED) is 0.855. The van der Waals surface area contributed by atoms with Gasteiger partial charge in [-0.05, 0) is 23.8 Å². The summed E-state index contributed by atoms with van der Waals surface area (Å²) in [6.07, 6.45) is 0.578. The number of likely N-dealkylation sites (tertiary alicyclic amines) is 1. The molecule has 2 N–H and O–H groups in total. The smallest absolute Gasteiger partial charge is 0.410 e. The summed E-state index contributed by atoms with van der Waals surface area (Å²) >= 11 is 0. The third-order valence-corrected chi connectivity index (χ3v) is 4.66. The summed E-state index contributed by atoms with van der Waals surface area (Å²) in [4.78, 5) is 27.8. The highest BCUT2D eigenvalue weighted by Gasteiger charge is 2.30. The van der Waals surface area contributed by atoms with E-state index in [1.807, 2.05) is 44.2 Å². The summed E-state index contributed by atoms with van der Waals surface area (Å²) in [5.41, 5.74) is 6.90. The van der Waals surface area contributed by atoms with E-state index in [1.165, 1.54) is 0 Å². The Hall–Kier alpha value is -2.08. The lowest BCUT2D eigenvalue weighted by molar-refractivity contribution is -0.132. The maximum atomic E-state index is 12.2. The van der Waals surface area contributed by atoms with Crippen molar-refractivity contribution < 1.29 is 14.3 Å². The van der Waals surface area contributed by atoms with Gasteiger partial charge in [0.1, 0.15) is 6.61 Å². The molecule has 1 unspecified atom stereocenters. The number of nitrogens with zero attached hydrogens (tertiary/aromatic N) is 2. The average molecular weight is 347 g/mol. The van der Waals surface area contributed by atoms with Crippen molar-refractivity contribution in [2.45, 2.75) is 32.9 Å². The number of hydrogen-bond donors (Lipinski definition) is 1. The van der Waals surface area contributed by atoms with Crippen LogP contribution >= 0.6 is 0 Å². The number of rotatable bonds is 6. The van der Waals surface area contributed by atoms with Gasteiger partial charge in [-0.2, -0.15) is 0 Å². The van der Waals surface area contributed by atoms with Gasteiger partial charge in [0.2, 0.25) is 5.91 Å². The zero-order valence-electron chi connectivity index (χ0n) is 15.4. The SMILES string of the molecule is CC(C)[C@H](N)C(=O)N(C)CC1CCN(C(=O)OCc2ccccc2)C1. The van der Waals surface area contributed by atoms with Crippen LogP contribution in [0.1, 0.15) is 25.8 Å².